The summed E-state index contributed by atoms with van der Waals surface area (Å²) in [5.41, 5.74) is 6.26. The van der Waals surface area contributed by atoms with E-state index in [0.717, 1.165) is 12.1 Å². The maximum Gasteiger partial charge on any atom is 0.272 e. The second-order valence-electron chi connectivity index (χ2n) is 7.53. The third kappa shape index (κ3) is 5.60. The zero-order valence-corrected chi connectivity index (χ0v) is 20.5. The van der Waals surface area contributed by atoms with E-state index in [1.54, 1.807) is 54.2 Å². The van der Waals surface area contributed by atoms with E-state index < -0.39 is 17.5 Å². The van der Waals surface area contributed by atoms with Gasteiger partial charge in [-0.3, -0.25) is 9.59 Å². The first kappa shape index (κ1) is 24.2. The average molecular weight is 588 g/mol. The molecule has 0 bridgehead atoms. The van der Waals surface area contributed by atoms with E-state index in [1.807, 2.05) is 22.6 Å². The predicted octanol–water partition coefficient (Wildman–Crippen LogP) is 5.80. The minimum Gasteiger partial charge on any atom is -0.456 e. The van der Waals surface area contributed by atoms with Crippen molar-refractivity contribution in [1.29, 1.82) is 0 Å². The Hall–Kier alpha value is -3.93. The number of nitrogens with zero attached hydrogens (tertiary/aromatic N) is 1. The number of nitrogens with two attached hydrogens (primary N) is 1. The van der Waals surface area contributed by atoms with Crippen LogP contribution in [0.15, 0.2) is 72.9 Å². The second kappa shape index (κ2) is 10.1. The van der Waals surface area contributed by atoms with Crippen molar-refractivity contribution in [2.45, 2.75) is 0 Å². The molecular formula is C25H19F2IN4O3. The van der Waals surface area contributed by atoms with Crippen molar-refractivity contribution >= 4 is 51.5 Å². The number of ether oxygens (including phenoxy) is 1. The highest BCUT2D eigenvalue weighted by Crippen LogP contribution is 2.35. The summed E-state index contributed by atoms with van der Waals surface area (Å²) in [6.07, 6.45) is 1.75. The van der Waals surface area contributed by atoms with Crippen molar-refractivity contribution < 1.29 is 23.1 Å². The normalized spacial score (nSPS) is 10.6. The Kier molecular flexibility index (Phi) is 7.01. The Morgan fingerprint density at radius 3 is 2.49 bits per heavy atom. The molecule has 7 nitrogen and oxygen atoms in total. The number of carbonyl (C=O) groups excluding carboxylic acids is 2. The molecule has 0 aliphatic carbocycles. The van der Waals surface area contributed by atoms with E-state index in [0.29, 0.717) is 15.0 Å². The second-order valence-corrected chi connectivity index (χ2v) is 8.77. The Morgan fingerprint density at radius 2 is 1.80 bits per heavy atom. The Morgan fingerprint density at radius 1 is 1.00 bits per heavy atom. The summed E-state index contributed by atoms with van der Waals surface area (Å²) in [6.45, 7) is 0. The third-order valence-corrected chi connectivity index (χ3v) is 5.68. The van der Waals surface area contributed by atoms with Crippen LogP contribution in [-0.2, 0) is 7.05 Å². The van der Waals surface area contributed by atoms with Crippen LogP contribution in [0.1, 0.15) is 20.8 Å². The van der Waals surface area contributed by atoms with Crippen molar-refractivity contribution in [3.05, 3.63) is 99.4 Å². The molecule has 3 aromatic carbocycles. The predicted molar refractivity (Wildman–Crippen MR) is 137 cm³/mol. The summed E-state index contributed by atoms with van der Waals surface area (Å²) < 4.78 is 36.9. The smallest absolute Gasteiger partial charge is 0.272 e. The van der Waals surface area contributed by atoms with Crippen LogP contribution in [0.3, 0.4) is 0 Å². The van der Waals surface area contributed by atoms with Gasteiger partial charge in [-0.1, -0.05) is 6.07 Å². The number of halogens is 3. The van der Waals surface area contributed by atoms with Gasteiger partial charge in [0.15, 0.2) is 0 Å². The SMILES string of the molecule is Cn1cccc1C(=O)Nc1cccc(Oc2cc(F)cc(Nc3ccc(I)cc3F)c2C(N)=O)c1. The van der Waals surface area contributed by atoms with Crippen LogP contribution >= 0.6 is 22.6 Å². The molecule has 0 fully saturated rings. The van der Waals surface area contributed by atoms with Gasteiger partial charge in [0, 0.05) is 34.6 Å². The highest BCUT2D eigenvalue weighted by molar-refractivity contribution is 14.1. The van der Waals surface area contributed by atoms with Crippen LogP contribution in [-0.4, -0.2) is 16.4 Å². The molecule has 0 unspecified atom stereocenters. The summed E-state index contributed by atoms with van der Waals surface area (Å²) in [5, 5.41) is 5.47. The summed E-state index contributed by atoms with van der Waals surface area (Å²) in [5.74, 6) is -2.50. The lowest BCUT2D eigenvalue weighted by molar-refractivity contribution is 0.0995. The lowest BCUT2D eigenvalue weighted by Crippen LogP contribution is -2.16. The van der Waals surface area contributed by atoms with Gasteiger partial charge in [-0.2, -0.15) is 0 Å². The fourth-order valence-electron chi connectivity index (χ4n) is 3.41. The van der Waals surface area contributed by atoms with Gasteiger partial charge in [0.05, 0.1) is 11.4 Å². The molecule has 35 heavy (non-hydrogen) atoms. The van der Waals surface area contributed by atoms with E-state index in [9.17, 15) is 18.4 Å². The Labute approximate surface area is 213 Å². The lowest BCUT2D eigenvalue weighted by atomic mass is 10.1. The van der Waals surface area contributed by atoms with E-state index in [-0.39, 0.29) is 34.3 Å². The highest BCUT2D eigenvalue weighted by Gasteiger charge is 2.20. The summed E-state index contributed by atoms with van der Waals surface area (Å²) in [7, 11) is 1.75. The zero-order valence-electron chi connectivity index (χ0n) is 18.3. The molecule has 10 heteroatoms. The lowest BCUT2D eigenvalue weighted by Gasteiger charge is -2.16. The van der Waals surface area contributed by atoms with Gasteiger partial charge < -0.3 is 25.7 Å². The van der Waals surface area contributed by atoms with Gasteiger partial charge >= 0.3 is 0 Å². The number of rotatable bonds is 7. The fraction of sp³-hybridized carbons (Fsp3) is 0.0400. The first-order valence-corrected chi connectivity index (χ1v) is 11.3. The molecule has 0 atom stereocenters. The molecular weight excluding hydrogens is 569 g/mol. The molecule has 0 saturated heterocycles. The van der Waals surface area contributed by atoms with Crippen LogP contribution in [0.25, 0.3) is 0 Å². The van der Waals surface area contributed by atoms with Crippen molar-refractivity contribution in [2.75, 3.05) is 10.6 Å². The minimum absolute atomic E-state index is 0.0369. The molecule has 0 spiro atoms. The summed E-state index contributed by atoms with van der Waals surface area (Å²) in [6, 6.07) is 16.2. The van der Waals surface area contributed by atoms with Gasteiger partial charge in [-0.25, -0.2) is 8.78 Å². The van der Waals surface area contributed by atoms with Crippen LogP contribution in [0.4, 0.5) is 25.8 Å². The van der Waals surface area contributed by atoms with E-state index in [1.165, 1.54) is 18.2 Å². The van der Waals surface area contributed by atoms with Crippen LogP contribution in [0.2, 0.25) is 0 Å². The third-order valence-electron chi connectivity index (χ3n) is 5.01. The fourth-order valence-corrected chi connectivity index (χ4v) is 3.86. The molecule has 0 saturated carbocycles. The number of amides is 2. The Balaban J connectivity index is 1.64. The maximum atomic E-state index is 14.5. The summed E-state index contributed by atoms with van der Waals surface area (Å²) in [4.78, 5) is 24.8. The topological polar surface area (TPSA) is 98.4 Å². The standard InChI is InChI=1S/C25H19F2IN4O3/c1-32-9-3-6-21(32)25(34)30-16-4-2-5-17(13-16)35-22-11-14(26)10-20(23(22)24(29)33)31-19-8-7-15(28)12-18(19)27/h2-13,31H,1H3,(H2,29,33)(H,30,34). The van der Waals surface area contributed by atoms with Gasteiger partial charge in [0.1, 0.15) is 34.4 Å². The largest absolute Gasteiger partial charge is 0.456 e. The first-order valence-electron chi connectivity index (χ1n) is 10.3. The number of primary amides is 1. The molecule has 0 aliphatic rings. The summed E-state index contributed by atoms with van der Waals surface area (Å²) >= 11 is 1.96. The van der Waals surface area contributed by atoms with E-state index in [2.05, 4.69) is 10.6 Å². The molecule has 178 valence electrons. The number of aryl methyl sites for hydroxylation is 1. The van der Waals surface area contributed by atoms with E-state index in [4.69, 9.17) is 10.5 Å². The van der Waals surface area contributed by atoms with Crippen molar-refractivity contribution in [3.63, 3.8) is 0 Å². The minimum atomic E-state index is -0.901. The number of carbonyl (C=O) groups is 2. The average Bonchev–Trinajstić information content (AvgIpc) is 3.21. The molecule has 4 N–H and O–H groups in total. The molecule has 0 aliphatic heterocycles. The molecule has 1 heterocycles. The van der Waals surface area contributed by atoms with Gasteiger partial charge in [0.25, 0.3) is 11.8 Å². The molecule has 4 rings (SSSR count). The number of hydrogen-bond acceptors (Lipinski definition) is 4. The number of nitrogens with one attached hydrogen (secondary N) is 2. The first-order chi connectivity index (χ1) is 16.7. The molecule has 2 amide bonds. The van der Waals surface area contributed by atoms with Crippen molar-refractivity contribution in [1.82, 2.24) is 4.57 Å². The molecule has 1 aromatic heterocycles. The monoisotopic (exact) mass is 588 g/mol. The van der Waals surface area contributed by atoms with Crippen LogP contribution in [0, 0.1) is 15.2 Å². The van der Waals surface area contributed by atoms with Crippen molar-refractivity contribution in [3.8, 4) is 11.5 Å². The maximum absolute atomic E-state index is 14.5. The molecule has 0 radical (unpaired) electrons. The van der Waals surface area contributed by atoms with Crippen molar-refractivity contribution in [2.24, 2.45) is 12.8 Å². The van der Waals surface area contributed by atoms with Gasteiger partial charge in [0.2, 0.25) is 0 Å². The zero-order chi connectivity index (χ0) is 25.1. The van der Waals surface area contributed by atoms with Crippen LogP contribution < -0.4 is 21.1 Å². The highest BCUT2D eigenvalue weighted by atomic mass is 127. The van der Waals surface area contributed by atoms with Gasteiger partial charge in [-0.05, 0) is 71.1 Å². The number of aromatic nitrogens is 1. The number of anilines is 3. The number of hydrogen-bond donors (Lipinski definition) is 3. The van der Waals surface area contributed by atoms with E-state index >= 15 is 0 Å². The molecule has 4 aromatic rings. The quantitative estimate of drug-likeness (QED) is 0.238. The Bertz CT molecular complexity index is 1440. The number of benzene rings is 3. The van der Waals surface area contributed by atoms with Crippen LogP contribution in [0.5, 0.6) is 11.5 Å². The van der Waals surface area contributed by atoms with Gasteiger partial charge in [-0.15, -0.1) is 0 Å².